The largest absolute Gasteiger partial charge is 0.392 e. The van der Waals surface area contributed by atoms with Crippen molar-refractivity contribution in [2.24, 2.45) is 0 Å². The van der Waals surface area contributed by atoms with Crippen LogP contribution < -0.4 is 0 Å². The molecule has 60 valence electrons. The molecule has 0 radical (unpaired) electrons. The van der Waals surface area contributed by atoms with Gasteiger partial charge in [-0.1, -0.05) is 25.7 Å². The SMILES string of the molecule is O[C@@H]1CCCCCC[C@@H]1Cl. The van der Waals surface area contributed by atoms with Crippen LogP contribution in [-0.2, 0) is 0 Å². The Labute approximate surface area is 67.4 Å². The van der Waals surface area contributed by atoms with Crippen molar-refractivity contribution in [2.45, 2.75) is 50.0 Å². The van der Waals surface area contributed by atoms with Gasteiger partial charge in [-0.25, -0.2) is 0 Å². The maximum Gasteiger partial charge on any atom is 0.0703 e. The molecule has 0 saturated heterocycles. The van der Waals surface area contributed by atoms with Crippen molar-refractivity contribution in [2.75, 3.05) is 0 Å². The molecule has 1 aliphatic rings. The van der Waals surface area contributed by atoms with Gasteiger partial charge >= 0.3 is 0 Å². The lowest BCUT2D eigenvalue weighted by Crippen LogP contribution is -2.21. The van der Waals surface area contributed by atoms with E-state index >= 15 is 0 Å². The Balaban J connectivity index is 2.28. The average Bonchev–Trinajstić information content (AvgIpc) is 1.92. The minimum Gasteiger partial charge on any atom is -0.392 e. The Kier molecular flexibility index (Phi) is 3.50. The first-order valence-electron chi connectivity index (χ1n) is 4.13. The van der Waals surface area contributed by atoms with E-state index in [2.05, 4.69) is 0 Å². The highest BCUT2D eigenvalue weighted by atomic mass is 35.5. The third-order valence-corrected chi connectivity index (χ3v) is 2.66. The Bertz CT molecular complexity index is 83.3. The third kappa shape index (κ3) is 2.47. The molecule has 1 saturated carbocycles. The number of aliphatic hydroxyl groups is 1. The van der Waals surface area contributed by atoms with Gasteiger partial charge in [0.2, 0.25) is 0 Å². The van der Waals surface area contributed by atoms with Crippen molar-refractivity contribution in [1.82, 2.24) is 0 Å². The van der Waals surface area contributed by atoms with E-state index in [1.807, 2.05) is 0 Å². The first kappa shape index (κ1) is 8.35. The van der Waals surface area contributed by atoms with Crippen molar-refractivity contribution in [3.63, 3.8) is 0 Å². The summed E-state index contributed by atoms with van der Waals surface area (Å²) in [5.74, 6) is 0. The zero-order valence-electron chi connectivity index (χ0n) is 6.22. The van der Waals surface area contributed by atoms with Crippen LogP contribution >= 0.6 is 11.6 Å². The molecule has 1 rings (SSSR count). The molecule has 0 amide bonds. The highest BCUT2D eigenvalue weighted by Crippen LogP contribution is 2.21. The second kappa shape index (κ2) is 4.20. The molecule has 0 spiro atoms. The van der Waals surface area contributed by atoms with Crippen LogP contribution in [0.25, 0.3) is 0 Å². The number of hydrogen-bond acceptors (Lipinski definition) is 1. The smallest absolute Gasteiger partial charge is 0.0703 e. The molecule has 0 aliphatic heterocycles. The summed E-state index contributed by atoms with van der Waals surface area (Å²) < 4.78 is 0. The number of rotatable bonds is 0. The lowest BCUT2D eigenvalue weighted by molar-refractivity contribution is 0.145. The molecule has 0 bridgehead atoms. The molecular formula is C8H15ClO. The van der Waals surface area contributed by atoms with Gasteiger partial charge in [0.15, 0.2) is 0 Å². The first-order chi connectivity index (χ1) is 4.80. The molecule has 1 fully saturated rings. The van der Waals surface area contributed by atoms with Crippen LogP contribution in [0, 0.1) is 0 Å². The third-order valence-electron chi connectivity index (χ3n) is 2.15. The monoisotopic (exact) mass is 162 g/mol. The van der Waals surface area contributed by atoms with E-state index in [1.54, 1.807) is 0 Å². The quantitative estimate of drug-likeness (QED) is 0.542. The van der Waals surface area contributed by atoms with Gasteiger partial charge in [0.1, 0.15) is 0 Å². The van der Waals surface area contributed by atoms with Gasteiger partial charge in [-0.05, 0) is 12.8 Å². The number of aliphatic hydroxyl groups excluding tert-OH is 1. The Morgan fingerprint density at radius 2 is 1.60 bits per heavy atom. The molecular weight excluding hydrogens is 148 g/mol. The van der Waals surface area contributed by atoms with E-state index in [9.17, 15) is 5.11 Å². The topological polar surface area (TPSA) is 20.2 Å². The van der Waals surface area contributed by atoms with Crippen LogP contribution in [0.4, 0.5) is 0 Å². The maximum atomic E-state index is 9.35. The second-order valence-corrected chi connectivity index (χ2v) is 3.64. The molecule has 1 N–H and O–H groups in total. The minimum absolute atomic E-state index is 0.0142. The molecule has 0 aromatic heterocycles. The highest BCUT2D eigenvalue weighted by molar-refractivity contribution is 6.21. The lowest BCUT2D eigenvalue weighted by atomic mass is 9.98. The van der Waals surface area contributed by atoms with E-state index in [-0.39, 0.29) is 11.5 Å². The van der Waals surface area contributed by atoms with Gasteiger partial charge in [-0.15, -0.1) is 11.6 Å². The first-order valence-corrected chi connectivity index (χ1v) is 4.56. The minimum atomic E-state index is -0.248. The molecule has 2 heteroatoms. The fraction of sp³-hybridized carbons (Fsp3) is 1.00. The predicted molar refractivity (Wildman–Crippen MR) is 43.3 cm³/mol. The van der Waals surface area contributed by atoms with Gasteiger partial charge in [-0.3, -0.25) is 0 Å². The fourth-order valence-electron chi connectivity index (χ4n) is 1.42. The van der Waals surface area contributed by atoms with Crippen LogP contribution in [0.5, 0.6) is 0 Å². The van der Waals surface area contributed by atoms with E-state index in [0.717, 1.165) is 19.3 Å². The normalized spacial score (nSPS) is 36.6. The molecule has 0 aromatic rings. The van der Waals surface area contributed by atoms with Gasteiger partial charge < -0.3 is 5.11 Å². The summed E-state index contributed by atoms with van der Waals surface area (Å²) in [5.41, 5.74) is 0. The summed E-state index contributed by atoms with van der Waals surface area (Å²) in [5, 5.41) is 9.36. The Hall–Kier alpha value is 0.250. The summed E-state index contributed by atoms with van der Waals surface area (Å²) >= 11 is 5.89. The Morgan fingerprint density at radius 3 is 2.30 bits per heavy atom. The second-order valence-electron chi connectivity index (χ2n) is 3.07. The lowest BCUT2D eigenvalue weighted by Gasteiger charge is -2.19. The number of halogens is 1. The molecule has 0 unspecified atom stereocenters. The molecule has 10 heavy (non-hydrogen) atoms. The van der Waals surface area contributed by atoms with Gasteiger partial charge in [0.05, 0.1) is 11.5 Å². The van der Waals surface area contributed by atoms with Crippen molar-refractivity contribution in [3.05, 3.63) is 0 Å². The van der Waals surface area contributed by atoms with E-state index in [4.69, 9.17) is 11.6 Å². The van der Waals surface area contributed by atoms with E-state index < -0.39 is 0 Å². The van der Waals surface area contributed by atoms with Crippen molar-refractivity contribution < 1.29 is 5.11 Å². The maximum absolute atomic E-state index is 9.35. The zero-order valence-corrected chi connectivity index (χ0v) is 6.98. The van der Waals surface area contributed by atoms with Gasteiger partial charge in [0.25, 0.3) is 0 Å². The molecule has 2 atom stereocenters. The van der Waals surface area contributed by atoms with Crippen LogP contribution in [0.15, 0.2) is 0 Å². The summed E-state index contributed by atoms with van der Waals surface area (Å²) in [6, 6.07) is 0. The zero-order chi connectivity index (χ0) is 7.40. The molecule has 0 aromatic carbocycles. The summed E-state index contributed by atoms with van der Waals surface area (Å²) in [6.07, 6.45) is 6.52. The van der Waals surface area contributed by atoms with Crippen LogP contribution in [0.3, 0.4) is 0 Å². The van der Waals surface area contributed by atoms with Crippen LogP contribution in [-0.4, -0.2) is 16.6 Å². The summed E-state index contributed by atoms with van der Waals surface area (Å²) in [6.45, 7) is 0. The number of alkyl halides is 1. The standard InChI is InChI=1S/C8H15ClO/c9-7-5-3-1-2-4-6-8(7)10/h7-8,10H,1-6H2/t7-,8+/m0/s1. The molecule has 0 heterocycles. The van der Waals surface area contributed by atoms with Gasteiger partial charge in [-0.2, -0.15) is 0 Å². The molecule has 1 aliphatic carbocycles. The number of hydrogen-bond donors (Lipinski definition) is 1. The average molecular weight is 163 g/mol. The highest BCUT2D eigenvalue weighted by Gasteiger charge is 2.17. The van der Waals surface area contributed by atoms with Crippen molar-refractivity contribution in [3.8, 4) is 0 Å². The van der Waals surface area contributed by atoms with E-state index in [0.29, 0.717) is 0 Å². The van der Waals surface area contributed by atoms with Gasteiger partial charge in [0, 0.05) is 0 Å². The summed E-state index contributed by atoms with van der Waals surface area (Å²) in [7, 11) is 0. The fourth-order valence-corrected chi connectivity index (χ4v) is 1.70. The predicted octanol–water partition coefficient (Wildman–Crippen LogP) is 2.31. The van der Waals surface area contributed by atoms with Crippen molar-refractivity contribution in [1.29, 1.82) is 0 Å². The van der Waals surface area contributed by atoms with Crippen LogP contribution in [0.2, 0.25) is 0 Å². The van der Waals surface area contributed by atoms with Crippen LogP contribution in [0.1, 0.15) is 38.5 Å². The van der Waals surface area contributed by atoms with Crippen molar-refractivity contribution >= 4 is 11.6 Å². The van der Waals surface area contributed by atoms with E-state index in [1.165, 1.54) is 19.3 Å². The summed E-state index contributed by atoms with van der Waals surface area (Å²) in [4.78, 5) is 0. The molecule has 1 nitrogen and oxygen atoms in total. The Morgan fingerprint density at radius 1 is 1.00 bits per heavy atom.